The number of nitrogens with zero attached hydrogens (tertiary/aromatic N) is 1. The average molecular weight is 456 g/mol. The van der Waals surface area contributed by atoms with E-state index >= 15 is 0 Å². The number of hydrogen-bond acceptors (Lipinski definition) is 2. The predicted octanol–water partition coefficient (Wildman–Crippen LogP) is 4.20. The summed E-state index contributed by atoms with van der Waals surface area (Å²) in [4.78, 5) is 4.59. The molecule has 2 N–H and O–H groups in total. The van der Waals surface area contributed by atoms with E-state index in [9.17, 15) is 0 Å². The molecule has 0 atom stereocenters. The fourth-order valence-electron chi connectivity index (χ4n) is 1.87. The Kier molecular flexibility index (Phi) is 14.4. The van der Waals surface area contributed by atoms with Crippen molar-refractivity contribution >= 4 is 53.3 Å². The quantitative estimate of drug-likeness (QED) is 0.254. The number of nitrogens with one attached hydrogen (secondary N) is 2. The molecule has 0 unspecified atom stereocenters. The average Bonchev–Trinajstić information content (AvgIpc) is 2.49. The smallest absolute Gasteiger partial charge is 0.191 e. The first kappa shape index (κ1) is 21.9. The first-order chi connectivity index (χ1) is 10.3. The van der Waals surface area contributed by atoms with Crippen LogP contribution in [0.1, 0.15) is 25.3 Å². The van der Waals surface area contributed by atoms with E-state index in [4.69, 9.17) is 11.6 Å². The number of benzene rings is 1. The standard InChI is InChI=1S/C16H26ClN3S.HI/c1-3-18-16(19-11-4-5-13-21-2)20-12-10-14-6-8-15(17)9-7-14;/h6-9H,3-5,10-13H2,1-2H3,(H2,18,19,20);1H. The molecule has 0 radical (unpaired) electrons. The van der Waals surface area contributed by atoms with Gasteiger partial charge in [-0.2, -0.15) is 11.8 Å². The number of hydrogen-bond donors (Lipinski definition) is 2. The van der Waals surface area contributed by atoms with Crippen LogP contribution in [0.4, 0.5) is 0 Å². The molecule has 0 aliphatic heterocycles. The molecule has 22 heavy (non-hydrogen) atoms. The summed E-state index contributed by atoms with van der Waals surface area (Å²) in [6.45, 7) is 4.73. The SMILES string of the molecule is CCNC(=NCCCCSC)NCCc1ccc(Cl)cc1.I. The van der Waals surface area contributed by atoms with Crippen molar-refractivity contribution < 1.29 is 0 Å². The lowest BCUT2D eigenvalue weighted by molar-refractivity contribution is 0.771. The largest absolute Gasteiger partial charge is 0.357 e. The third kappa shape index (κ3) is 10.6. The van der Waals surface area contributed by atoms with Gasteiger partial charge in [-0.1, -0.05) is 23.7 Å². The van der Waals surface area contributed by atoms with E-state index in [-0.39, 0.29) is 24.0 Å². The zero-order valence-electron chi connectivity index (χ0n) is 13.4. The van der Waals surface area contributed by atoms with Crippen molar-refractivity contribution in [2.75, 3.05) is 31.6 Å². The van der Waals surface area contributed by atoms with Gasteiger partial charge in [0, 0.05) is 24.7 Å². The maximum absolute atomic E-state index is 5.88. The van der Waals surface area contributed by atoms with Gasteiger partial charge in [-0.3, -0.25) is 4.99 Å². The molecule has 0 bridgehead atoms. The number of unbranched alkanes of at least 4 members (excludes halogenated alkanes) is 1. The van der Waals surface area contributed by atoms with Crippen LogP contribution in [0, 0.1) is 0 Å². The fourth-order valence-corrected chi connectivity index (χ4v) is 2.49. The zero-order valence-corrected chi connectivity index (χ0v) is 17.3. The number of guanidine groups is 1. The summed E-state index contributed by atoms with van der Waals surface area (Å²) in [7, 11) is 0. The van der Waals surface area contributed by atoms with Gasteiger partial charge in [-0.05, 0) is 55.9 Å². The molecule has 0 fully saturated rings. The minimum Gasteiger partial charge on any atom is -0.357 e. The third-order valence-electron chi connectivity index (χ3n) is 2.99. The molecular formula is C16H27ClIN3S. The maximum Gasteiger partial charge on any atom is 0.191 e. The minimum absolute atomic E-state index is 0. The molecule has 3 nitrogen and oxygen atoms in total. The molecule has 1 rings (SSSR count). The van der Waals surface area contributed by atoms with Crippen LogP contribution < -0.4 is 10.6 Å². The van der Waals surface area contributed by atoms with E-state index in [1.54, 1.807) is 0 Å². The molecule has 0 saturated heterocycles. The second-order valence-corrected chi connectivity index (χ2v) is 6.19. The summed E-state index contributed by atoms with van der Waals surface area (Å²) >= 11 is 7.78. The Morgan fingerprint density at radius 3 is 2.55 bits per heavy atom. The monoisotopic (exact) mass is 455 g/mol. The Balaban J connectivity index is 0.00000441. The summed E-state index contributed by atoms with van der Waals surface area (Å²) in [5.41, 5.74) is 1.28. The van der Waals surface area contributed by atoms with Crippen LogP contribution in [0.25, 0.3) is 0 Å². The van der Waals surface area contributed by atoms with Crippen LogP contribution in [0.15, 0.2) is 29.3 Å². The molecular weight excluding hydrogens is 429 g/mol. The van der Waals surface area contributed by atoms with Crippen LogP contribution in [0.2, 0.25) is 5.02 Å². The fraction of sp³-hybridized carbons (Fsp3) is 0.562. The van der Waals surface area contributed by atoms with Gasteiger partial charge >= 0.3 is 0 Å². The van der Waals surface area contributed by atoms with Crippen LogP contribution in [-0.2, 0) is 6.42 Å². The van der Waals surface area contributed by atoms with Gasteiger partial charge in [0.1, 0.15) is 0 Å². The van der Waals surface area contributed by atoms with Crippen LogP contribution in [-0.4, -0.2) is 37.6 Å². The van der Waals surface area contributed by atoms with Crippen molar-refractivity contribution in [2.24, 2.45) is 4.99 Å². The van der Waals surface area contributed by atoms with Gasteiger partial charge < -0.3 is 10.6 Å². The summed E-state index contributed by atoms with van der Waals surface area (Å²) in [5.74, 6) is 2.13. The van der Waals surface area contributed by atoms with E-state index in [0.29, 0.717) is 0 Å². The van der Waals surface area contributed by atoms with Gasteiger partial charge in [0.2, 0.25) is 0 Å². The number of rotatable bonds is 9. The first-order valence-corrected chi connectivity index (χ1v) is 9.29. The highest BCUT2D eigenvalue weighted by atomic mass is 127. The highest BCUT2D eigenvalue weighted by molar-refractivity contribution is 14.0. The highest BCUT2D eigenvalue weighted by Crippen LogP contribution is 2.09. The molecule has 0 aliphatic rings. The summed E-state index contributed by atoms with van der Waals surface area (Å²) in [6.07, 6.45) is 5.49. The zero-order chi connectivity index (χ0) is 15.3. The van der Waals surface area contributed by atoms with Gasteiger partial charge in [0.15, 0.2) is 5.96 Å². The molecule has 1 aromatic carbocycles. The molecule has 0 heterocycles. The van der Waals surface area contributed by atoms with Gasteiger partial charge in [-0.15, -0.1) is 24.0 Å². The minimum atomic E-state index is 0. The van der Waals surface area contributed by atoms with E-state index < -0.39 is 0 Å². The lowest BCUT2D eigenvalue weighted by Crippen LogP contribution is -2.38. The predicted molar refractivity (Wildman–Crippen MR) is 112 cm³/mol. The number of aliphatic imine (C=N–C) groups is 1. The van der Waals surface area contributed by atoms with Crippen molar-refractivity contribution in [3.63, 3.8) is 0 Å². The second-order valence-electron chi connectivity index (χ2n) is 4.76. The third-order valence-corrected chi connectivity index (χ3v) is 3.94. The van der Waals surface area contributed by atoms with Crippen molar-refractivity contribution in [1.29, 1.82) is 0 Å². The summed E-state index contributed by atoms with van der Waals surface area (Å²) in [5, 5.41) is 7.44. The lowest BCUT2D eigenvalue weighted by Gasteiger charge is -2.11. The van der Waals surface area contributed by atoms with Gasteiger partial charge in [0.05, 0.1) is 0 Å². The molecule has 0 amide bonds. The highest BCUT2D eigenvalue weighted by Gasteiger charge is 1.98. The molecule has 6 heteroatoms. The van der Waals surface area contributed by atoms with Crippen LogP contribution in [0.3, 0.4) is 0 Å². The topological polar surface area (TPSA) is 36.4 Å². The Bertz CT molecular complexity index is 412. The molecule has 0 aromatic heterocycles. The molecule has 0 saturated carbocycles. The van der Waals surface area contributed by atoms with Gasteiger partial charge in [0.25, 0.3) is 0 Å². The van der Waals surface area contributed by atoms with Crippen molar-refractivity contribution in [2.45, 2.75) is 26.2 Å². The van der Waals surface area contributed by atoms with E-state index in [1.807, 2.05) is 23.9 Å². The van der Waals surface area contributed by atoms with E-state index in [2.05, 4.69) is 40.9 Å². The first-order valence-electron chi connectivity index (χ1n) is 7.51. The summed E-state index contributed by atoms with van der Waals surface area (Å²) in [6, 6.07) is 8.00. The van der Waals surface area contributed by atoms with Gasteiger partial charge in [-0.25, -0.2) is 0 Å². The normalized spacial score (nSPS) is 11.0. The van der Waals surface area contributed by atoms with Crippen LogP contribution in [0.5, 0.6) is 0 Å². The lowest BCUT2D eigenvalue weighted by atomic mass is 10.1. The van der Waals surface area contributed by atoms with Crippen molar-refractivity contribution in [3.8, 4) is 0 Å². The van der Waals surface area contributed by atoms with Crippen molar-refractivity contribution in [1.82, 2.24) is 10.6 Å². The molecule has 0 aliphatic carbocycles. The second kappa shape index (κ2) is 14.5. The van der Waals surface area contributed by atoms with E-state index in [1.165, 1.54) is 17.7 Å². The summed E-state index contributed by atoms with van der Waals surface area (Å²) < 4.78 is 0. The maximum atomic E-state index is 5.88. The Morgan fingerprint density at radius 1 is 1.18 bits per heavy atom. The number of halogens is 2. The molecule has 126 valence electrons. The molecule has 0 spiro atoms. The Morgan fingerprint density at radius 2 is 1.91 bits per heavy atom. The molecule has 1 aromatic rings. The van der Waals surface area contributed by atoms with Crippen molar-refractivity contribution in [3.05, 3.63) is 34.9 Å². The Hall–Kier alpha value is -0.140. The van der Waals surface area contributed by atoms with E-state index in [0.717, 1.165) is 43.5 Å². The van der Waals surface area contributed by atoms with Crippen LogP contribution >= 0.6 is 47.3 Å². The Labute approximate surface area is 161 Å². The number of thioether (sulfide) groups is 1.